The number of fused-ring (bicyclic) bond motifs is 2. The molecule has 0 bridgehead atoms. The van der Waals surface area contributed by atoms with Crippen molar-refractivity contribution in [1.29, 1.82) is 5.26 Å². The maximum absolute atomic E-state index is 12.8. The number of methoxy groups -OCH3 is 1. The van der Waals surface area contributed by atoms with E-state index in [-0.39, 0.29) is 18.1 Å². The highest BCUT2D eigenvalue weighted by molar-refractivity contribution is 6.15. The smallest absolute Gasteiger partial charge is 0.231 e. The van der Waals surface area contributed by atoms with Gasteiger partial charge in [-0.25, -0.2) is 0 Å². The summed E-state index contributed by atoms with van der Waals surface area (Å²) >= 11 is 0. The number of benzene rings is 2. The second-order valence-electron chi connectivity index (χ2n) is 6.53. The van der Waals surface area contributed by atoms with Crippen LogP contribution in [-0.2, 0) is 7.05 Å². The summed E-state index contributed by atoms with van der Waals surface area (Å²) in [5.74, 6) is 1.83. The Bertz CT molecular complexity index is 1180. The summed E-state index contributed by atoms with van der Waals surface area (Å²) in [5.41, 5.74) is 3.08. The first-order chi connectivity index (χ1) is 13.5. The first-order valence-corrected chi connectivity index (χ1v) is 8.74. The average molecular weight is 374 g/mol. The Morgan fingerprint density at radius 3 is 2.86 bits per heavy atom. The Hall–Kier alpha value is -3.72. The van der Waals surface area contributed by atoms with Gasteiger partial charge in [0.15, 0.2) is 12.4 Å². The van der Waals surface area contributed by atoms with Gasteiger partial charge >= 0.3 is 0 Å². The number of allylic oxidation sites excluding steroid dienone is 1. The van der Waals surface area contributed by atoms with Crippen molar-refractivity contribution in [2.24, 2.45) is 7.05 Å². The molecule has 0 unspecified atom stereocenters. The van der Waals surface area contributed by atoms with Gasteiger partial charge in [0.2, 0.25) is 5.78 Å². The minimum absolute atomic E-state index is 0.0614. The summed E-state index contributed by atoms with van der Waals surface area (Å²) in [6.45, 7) is 1.75. The minimum atomic E-state index is -0.176. The fourth-order valence-electron chi connectivity index (χ4n) is 3.42. The van der Waals surface area contributed by atoms with Gasteiger partial charge in [0.05, 0.1) is 12.7 Å². The average Bonchev–Trinajstić information content (AvgIpc) is 3.19. The first-order valence-electron chi connectivity index (χ1n) is 8.74. The first kappa shape index (κ1) is 17.7. The number of hydrogen-bond donors (Lipinski definition) is 0. The highest BCUT2D eigenvalue weighted by atomic mass is 16.5. The van der Waals surface area contributed by atoms with Gasteiger partial charge < -0.3 is 18.8 Å². The van der Waals surface area contributed by atoms with Crippen molar-refractivity contribution >= 4 is 22.8 Å². The molecular formula is C22H18N2O4. The van der Waals surface area contributed by atoms with Crippen molar-refractivity contribution in [3.63, 3.8) is 0 Å². The summed E-state index contributed by atoms with van der Waals surface area (Å²) in [6.07, 6.45) is 3.70. The molecule has 3 aromatic rings. The molecule has 4 rings (SSSR count). The number of carbonyl (C=O) groups excluding carboxylic acids is 1. The number of aryl methyl sites for hydroxylation is 1. The summed E-state index contributed by atoms with van der Waals surface area (Å²) in [7, 11) is 3.57. The van der Waals surface area contributed by atoms with E-state index in [4.69, 9.17) is 19.5 Å². The molecule has 0 amide bonds. The van der Waals surface area contributed by atoms with E-state index in [1.807, 2.05) is 49.0 Å². The maximum Gasteiger partial charge on any atom is 0.231 e. The molecular weight excluding hydrogens is 356 g/mol. The van der Waals surface area contributed by atoms with Crippen LogP contribution in [0, 0.1) is 18.3 Å². The van der Waals surface area contributed by atoms with Crippen LogP contribution in [0.5, 0.6) is 17.2 Å². The number of ether oxygens (including phenoxy) is 3. The van der Waals surface area contributed by atoms with Crippen LogP contribution in [0.2, 0.25) is 0 Å². The summed E-state index contributed by atoms with van der Waals surface area (Å²) in [4.78, 5) is 12.8. The van der Waals surface area contributed by atoms with Crippen LogP contribution in [0.1, 0.15) is 21.5 Å². The number of Topliss-reactive ketones (excluding diaryl/α,β-unsaturated/α-hetero) is 1. The zero-order valence-electron chi connectivity index (χ0n) is 15.8. The molecule has 0 N–H and O–H groups in total. The number of nitriles is 1. The fraction of sp³-hybridized carbons (Fsp3) is 0.182. The zero-order valence-corrected chi connectivity index (χ0v) is 15.8. The number of aromatic nitrogens is 1. The molecule has 1 aliphatic heterocycles. The van der Waals surface area contributed by atoms with Crippen LogP contribution in [0.4, 0.5) is 0 Å². The van der Waals surface area contributed by atoms with Crippen molar-refractivity contribution in [1.82, 2.24) is 4.57 Å². The van der Waals surface area contributed by atoms with E-state index in [0.29, 0.717) is 22.6 Å². The summed E-state index contributed by atoms with van der Waals surface area (Å²) in [5, 5.41) is 9.67. The fourth-order valence-corrected chi connectivity index (χ4v) is 3.42. The van der Waals surface area contributed by atoms with Gasteiger partial charge in [-0.05, 0) is 43.3 Å². The van der Waals surface area contributed by atoms with Gasteiger partial charge in [0, 0.05) is 35.3 Å². The van der Waals surface area contributed by atoms with E-state index >= 15 is 0 Å². The van der Waals surface area contributed by atoms with Crippen LogP contribution >= 0.6 is 0 Å². The molecule has 6 nitrogen and oxygen atoms in total. The Morgan fingerprint density at radius 2 is 2.11 bits per heavy atom. The highest BCUT2D eigenvalue weighted by Gasteiger charge is 2.30. The maximum atomic E-state index is 12.8. The van der Waals surface area contributed by atoms with Gasteiger partial charge in [-0.3, -0.25) is 4.79 Å². The SMILES string of the molecule is COc1ccc2c(c1)c(C=C1Oc3c(ccc(OCC#N)c3C)C1=O)cn2C. The molecule has 2 aromatic carbocycles. The van der Waals surface area contributed by atoms with Gasteiger partial charge in [-0.15, -0.1) is 0 Å². The third kappa shape index (κ3) is 2.78. The second kappa shape index (κ2) is 6.78. The van der Waals surface area contributed by atoms with E-state index in [1.165, 1.54) is 0 Å². The Balaban J connectivity index is 1.76. The van der Waals surface area contributed by atoms with Crippen molar-refractivity contribution in [3.8, 4) is 23.3 Å². The normalized spacial score (nSPS) is 14.1. The van der Waals surface area contributed by atoms with E-state index in [9.17, 15) is 4.79 Å². The van der Waals surface area contributed by atoms with Gasteiger partial charge in [0.1, 0.15) is 23.3 Å². The lowest BCUT2D eigenvalue weighted by atomic mass is 10.1. The molecule has 0 saturated heterocycles. The zero-order chi connectivity index (χ0) is 19.8. The molecule has 28 heavy (non-hydrogen) atoms. The lowest BCUT2D eigenvalue weighted by Gasteiger charge is -2.08. The molecule has 0 saturated carbocycles. The molecule has 140 valence electrons. The predicted octanol–water partition coefficient (Wildman–Crippen LogP) is 4.01. The quantitative estimate of drug-likeness (QED) is 0.645. The van der Waals surface area contributed by atoms with E-state index in [0.717, 1.165) is 22.2 Å². The highest BCUT2D eigenvalue weighted by Crippen LogP contribution is 2.39. The Labute approximate surface area is 162 Å². The molecule has 6 heteroatoms. The van der Waals surface area contributed by atoms with Gasteiger partial charge in [-0.1, -0.05) is 0 Å². The monoisotopic (exact) mass is 374 g/mol. The molecule has 0 atom stereocenters. The molecule has 1 aromatic heterocycles. The van der Waals surface area contributed by atoms with E-state index in [2.05, 4.69) is 0 Å². The summed E-state index contributed by atoms with van der Waals surface area (Å²) < 4.78 is 18.6. The van der Waals surface area contributed by atoms with Crippen LogP contribution < -0.4 is 14.2 Å². The van der Waals surface area contributed by atoms with Gasteiger partial charge in [0.25, 0.3) is 0 Å². The van der Waals surface area contributed by atoms with Crippen LogP contribution in [0.25, 0.3) is 17.0 Å². The number of carbonyl (C=O) groups is 1. The lowest BCUT2D eigenvalue weighted by molar-refractivity contribution is 0.101. The van der Waals surface area contributed by atoms with Crippen LogP contribution in [-0.4, -0.2) is 24.1 Å². The van der Waals surface area contributed by atoms with Crippen LogP contribution in [0.15, 0.2) is 42.3 Å². The minimum Gasteiger partial charge on any atom is -0.497 e. The standard InChI is InChI=1S/C22H18N2O4/c1-13-19(27-9-8-23)7-5-16-21(25)20(28-22(13)16)10-14-12-24(2)18-6-4-15(26-3)11-17(14)18/h4-7,10-12H,9H2,1-3H3. The Kier molecular flexibility index (Phi) is 4.28. The third-order valence-corrected chi connectivity index (χ3v) is 4.84. The van der Waals surface area contributed by atoms with Crippen molar-refractivity contribution in [3.05, 3.63) is 59.0 Å². The van der Waals surface area contributed by atoms with E-state index < -0.39 is 0 Å². The Morgan fingerprint density at radius 1 is 1.29 bits per heavy atom. The molecule has 1 aliphatic rings. The predicted molar refractivity (Wildman–Crippen MR) is 105 cm³/mol. The molecule has 2 heterocycles. The van der Waals surface area contributed by atoms with Crippen molar-refractivity contribution in [2.45, 2.75) is 6.92 Å². The van der Waals surface area contributed by atoms with Gasteiger partial charge in [-0.2, -0.15) is 5.26 Å². The topological polar surface area (TPSA) is 73.5 Å². The molecule has 0 aliphatic carbocycles. The number of ketones is 1. The van der Waals surface area contributed by atoms with Crippen molar-refractivity contribution in [2.75, 3.05) is 13.7 Å². The molecule has 0 fully saturated rings. The number of nitrogens with zero attached hydrogens (tertiary/aromatic N) is 2. The number of rotatable bonds is 4. The molecule has 0 spiro atoms. The lowest BCUT2D eigenvalue weighted by Crippen LogP contribution is -1.98. The van der Waals surface area contributed by atoms with Crippen LogP contribution in [0.3, 0.4) is 0 Å². The second-order valence-corrected chi connectivity index (χ2v) is 6.53. The van der Waals surface area contributed by atoms with Crippen molar-refractivity contribution < 1.29 is 19.0 Å². The third-order valence-electron chi connectivity index (χ3n) is 4.84. The number of hydrogen-bond acceptors (Lipinski definition) is 5. The van der Waals surface area contributed by atoms with E-state index in [1.54, 1.807) is 25.3 Å². The summed E-state index contributed by atoms with van der Waals surface area (Å²) in [6, 6.07) is 11.1. The molecule has 0 radical (unpaired) electrons. The largest absolute Gasteiger partial charge is 0.497 e.